The van der Waals surface area contributed by atoms with Gasteiger partial charge in [-0.3, -0.25) is 10.1 Å². The molecule has 0 aliphatic carbocycles. The first kappa shape index (κ1) is 24.2. The lowest BCUT2D eigenvalue weighted by Gasteiger charge is -2.39. The van der Waals surface area contributed by atoms with E-state index in [9.17, 15) is 10.1 Å². The van der Waals surface area contributed by atoms with Crippen molar-refractivity contribution in [3.05, 3.63) is 108 Å². The lowest BCUT2D eigenvalue weighted by Crippen LogP contribution is -2.49. The highest BCUT2D eigenvalue weighted by Crippen LogP contribution is 2.38. The fourth-order valence-electron chi connectivity index (χ4n) is 4.18. The minimum absolute atomic E-state index is 0.234. The van der Waals surface area contributed by atoms with E-state index in [1.807, 2.05) is 75.4 Å². The summed E-state index contributed by atoms with van der Waals surface area (Å²) in [5, 5.41) is 13.8. The first-order chi connectivity index (χ1) is 15.9. The summed E-state index contributed by atoms with van der Waals surface area (Å²) in [6, 6.07) is 32.6. The van der Waals surface area contributed by atoms with E-state index < -0.39 is 17.0 Å². The fourth-order valence-corrected chi connectivity index (χ4v) is 4.18. The molecule has 0 spiro atoms. The van der Waals surface area contributed by atoms with Crippen LogP contribution in [-0.2, 0) is 15.1 Å². The van der Waals surface area contributed by atoms with Gasteiger partial charge >= 0.3 is 5.97 Å². The second kappa shape index (κ2) is 10.9. The highest BCUT2D eigenvalue weighted by molar-refractivity contribution is 5.75. The van der Waals surface area contributed by atoms with Crippen molar-refractivity contribution in [2.24, 2.45) is 5.41 Å². The Hall–Kier alpha value is -3.42. The highest BCUT2D eigenvalue weighted by Gasteiger charge is 2.39. The number of benzene rings is 3. The van der Waals surface area contributed by atoms with Gasteiger partial charge in [0.15, 0.2) is 0 Å². The molecular formula is C29H32N2O2. The number of nitrogens with zero attached hydrogens (tertiary/aromatic N) is 1. The van der Waals surface area contributed by atoms with Crippen LogP contribution in [0.3, 0.4) is 0 Å². The van der Waals surface area contributed by atoms with Crippen molar-refractivity contribution in [1.29, 1.82) is 5.26 Å². The molecule has 3 aromatic carbocycles. The number of nitrogens with one attached hydrogen (secondary N) is 1. The molecule has 0 saturated carbocycles. The summed E-state index contributed by atoms with van der Waals surface area (Å²) < 4.78 is 5.24. The molecule has 0 heterocycles. The van der Waals surface area contributed by atoms with E-state index in [4.69, 9.17) is 4.74 Å². The van der Waals surface area contributed by atoms with Gasteiger partial charge in [0, 0.05) is 0 Å². The van der Waals surface area contributed by atoms with Crippen LogP contribution < -0.4 is 5.32 Å². The Balaban J connectivity index is 2.04. The number of esters is 1. The molecule has 4 nitrogen and oxygen atoms in total. The molecule has 0 fully saturated rings. The smallest absolute Gasteiger partial charge is 0.311 e. The van der Waals surface area contributed by atoms with Crippen LogP contribution in [0.1, 0.15) is 50.3 Å². The standard InChI is InChI=1S/C29H32N2O2/c1-4-33-27(32)28(2,3)21-20-26(22-30)31-29(23-14-8-5-9-15-23,24-16-10-6-11-17-24)25-18-12-7-13-19-25/h5-19,26,31H,4,20-21H2,1-3H3. The van der Waals surface area contributed by atoms with Gasteiger partial charge in [-0.1, -0.05) is 91.0 Å². The molecule has 170 valence electrons. The summed E-state index contributed by atoms with van der Waals surface area (Å²) in [5.41, 5.74) is 1.76. The summed E-state index contributed by atoms with van der Waals surface area (Å²) in [7, 11) is 0. The predicted molar refractivity (Wildman–Crippen MR) is 131 cm³/mol. The average molecular weight is 441 g/mol. The molecule has 0 aromatic heterocycles. The van der Waals surface area contributed by atoms with E-state index in [0.29, 0.717) is 19.4 Å². The van der Waals surface area contributed by atoms with Gasteiger partial charge in [-0.15, -0.1) is 0 Å². The third-order valence-electron chi connectivity index (χ3n) is 6.05. The molecular weight excluding hydrogens is 408 g/mol. The Morgan fingerprint density at radius 3 is 1.67 bits per heavy atom. The van der Waals surface area contributed by atoms with Crippen molar-refractivity contribution in [1.82, 2.24) is 5.32 Å². The molecule has 0 bridgehead atoms. The lowest BCUT2D eigenvalue weighted by molar-refractivity contribution is -0.153. The van der Waals surface area contributed by atoms with E-state index in [1.54, 1.807) is 0 Å². The van der Waals surface area contributed by atoms with Crippen LogP contribution in [-0.4, -0.2) is 18.6 Å². The van der Waals surface area contributed by atoms with Crippen LogP contribution >= 0.6 is 0 Å². The Labute approximate surface area is 197 Å². The SMILES string of the molecule is CCOC(=O)C(C)(C)CCC(C#N)NC(c1ccccc1)(c1ccccc1)c1ccccc1. The van der Waals surface area contributed by atoms with Crippen LogP contribution in [0, 0.1) is 16.7 Å². The third-order valence-corrected chi connectivity index (χ3v) is 6.05. The van der Waals surface area contributed by atoms with Gasteiger partial charge in [0.05, 0.1) is 29.7 Å². The third kappa shape index (κ3) is 5.50. The average Bonchev–Trinajstić information content (AvgIpc) is 2.86. The minimum Gasteiger partial charge on any atom is -0.466 e. The Kier molecular flexibility index (Phi) is 8.03. The maximum absolute atomic E-state index is 12.4. The Bertz CT molecular complexity index is 960. The van der Waals surface area contributed by atoms with Gasteiger partial charge < -0.3 is 4.74 Å². The predicted octanol–water partition coefficient (Wildman–Crippen LogP) is 5.83. The monoisotopic (exact) mass is 440 g/mol. The molecule has 1 atom stereocenters. The fraction of sp³-hybridized carbons (Fsp3) is 0.310. The van der Waals surface area contributed by atoms with Gasteiger partial charge in [-0.25, -0.2) is 0 Å². The summed E-state index contributed by atoms with van der Waals surface area (Å²) in [4.78, 5) is 12.4. The van der Waals surface area contributed by atoms with E-state index in [1.165, 1.54) is 0 Å². The summed E-state index contributed by atoms with van der Waals surface area (Å²) in [5.74, 6) is -0.234. The van der Waals surface area contributed by atoms with Gasteiger partial charge in [0.25, 0.3) is 0 Å². The molecule has 1 unspecified atom stereocenters. The van der Waals surface area contributed by atoms with Crippen molar-refractivity contribution < 1.29 is 9.53 Å². The zero-order valence-electron chi connectivity index (χ0n) is 19.6. The second-order valence-corrected chi connectivity index (χ2v) is 8.82. The first-order valence-corrected chi connectivity index (χ1v) is 11.4. The second-order valence-electron chi connectivity index (χ2n) is 8.82. The molecule has 0 radical (unpaired) electrons. The number of carbonyl (C=O) groups excluding carboxylic acids is 1. The number of ether oxygens (including phenoxy) is 1. The molecule has 4 heteroatoms. The van der Waals surface area contributed by atoms with E-state index in [-0.39, 0.29) is 5.97 Å². The van der Waals surface area contributed by atoms with Crippen molar-refractivity contribution >= 4 is 5.97 Å². The quantitative estimate of drug-likeness (QED) is 0.318. The maximum atomic E-state index is 12.4. The molecule has 33 heavy (non-hydrogen) atoms. The molecule has 0 aliphatic rings. The molecule has 0 saturated heterocycles. The Morgan fingerprint density at radius 2 is 1.30 bits per heavy atom. The number of nitriles is 1. The number of hydrogen-bond acceptors (Lipinski definition) is 4. The topological polar surface area (TPSA) is 62.1 Å². The van der Waals surface area contributed by atoms with Gasteiger partial charge in [-0.05, 0) is 50.3 Å². The van der Waals surface area contributed by atoms with Crippen LogP contribution in [0.15, 0.2) is 91.0 Å². The van der Waals surface area contributed by atoms with Crippen LogP contribution in [0.4, 0.5) is 0 Å². The van der Waals surface area contributed by atoms with Gasteiger partial charge in [-0.2, -0.15) is 5.26 Å². The molecule has 1 N–H and O–H groups in total. The Morgan fingerprint density at radius 1 is 0.879 bits per heavy atom. The van der Waals surface area contributed by atoms with E-state index in [0.717, 1.165) is 16.7 Å². The van der Waals surface area contributed by atoms with E-state index in [2.05, 4.69) is 47.8 Å². The van der Waals surface area contributed by atoms with Crippen LogP contribution in [0.5, 0.6) is 0 Å². The lowest BCUT2D eigenvalue weighted by atomic mass is 9.76. The van der Waals surface area contributed by atoms with Crippen LogP contribution in [0.2, 0.25) is 0 Å². The zero-order valence-corrected chi connectivity index (χ0v) is 19.6. The summed E-state index contributed by atoms with van der Waals surface area (Å²) in [6.07, 6.45) is 1.04. The van der Waals surface area contributed by atoms with Crippen LogP contribution in [0.25, 0.3) is 0 Å². The maximum Gasteiger partial charge on any atom is 0.311 e. The summed E-state index contributed by atoms with van der Waals surface area (Å²) in [6.45, 7) is 5.90. The van der Waals surface area contributed by atoms with E-state index >= 15 is 0 Å². The number of rotatable bonds is 10. The van der Waals surface area contributed by atoms with Crippen molar-refractivity contribution in [3.8, 4) is 6.07 Å². The normalized spacial score (nSPS) is 12.5. The number of hydrogen-bond donors (Lipinski definition) is 1. The summed E-state index contributed by atoms with van der Waals surface area (Å²) >= 11 is 0. The minimum atomic E-state index is -0.724. The van der Waals surface area contributed by atoms with Gasteiger partial charge in [0.2, 0.25) is 0 Å². The highest BCUT2D eigenvalue weighted by atomic mass is 16.5. The van der Waals surface area contributed by atoms with Crippen molar-refractivity contribution in [2.75, 3.05) is 6.61 Å². The molecule has 3 aromatic rings. The molecule has 0 amide bonds. The van der Waals surface area contributed by atoms with Crippen molar-refractivity contribution in [2.45, 2.75) is 45.2 Å². The number of carbonyl (C=O) groups is 1. The molecule has 3 rings (SSSR count). The first-order valence-electron chi connectivity index (χ1n) is 11.4. The van der Waals surface area contributed by atoms with Crippen molar-refractivity contribution in [3.63, 3.8) is 0 Å². The largest absolute Gasteiger partial charge is 0.466 e. The van der Waals surface area contributed by atoms with Gasteiger partial charge in [0.1, 0.15) is 0 Å². The zero-order chi connectivity index (χ0) is 23.7. The molecule has 0 aliphatic heterocycles.